The molecule has 0 fully saturated rings. The maximum atomic E-state index is 12.1. The fourth-order valence-corrected chi connectivity index (χ4v) is 4.28. The number of hydrogen-bond acceptors (Lipinski definition) is 8. The largest absolute Gasteiger partial charge is 0.380 e. The molecule has 9 nitrogen and oxygen atoms in total. The van der Waals surface area contributed by atoms with Gasteiger partial charge < -0.3 is 10.6 Å². The molecular weight excluding hydrogens is 396 g/mol. The van der Waals surface area contributed by atoms with E-state index in [4.69, 9.17) is 4.84 Å². The van der Waals surface area contributed by atoms with Gasteiger partial charge in [0.05, 0.1) is 12.4 Å². The van der Waals surface area contributed by atoms with Crippen LogP contribution < -0.4 is 21.5 Å². The smallest absolute Gasteiger partial charge is 0.253 e. The van der Waals surface area contributed by atoms with Gasteiger partial charge in [-0.15, -0.1) is 0 Å². The van der Waals surface area contributed by atoms with Gasteiger partial charge in [-0.05, 0) is 38.8 Å². The van der Waals surface area contributed by atoms with Crippen LogP contribution in [0.1, 0.15) is 39.5 Å². The van der Waals surface area contributed by atoms with Gasteiger partial charge in [0.2, 0.25) is 10.0 Å². The summed E-state index contributed by atoms with van der Waals surface area (Å²) in [6.45, 7) is 4.62. The topological polar surface area (TPSA) is 118 Å². The first-order valence-electron chi connectivity index (χ1n) is 9.78. The Balaban J connectivity index is 1.71. The first-order chi connectivity index (χ1) is 13.9. The summed E-state index contributed by atoms with van der Waals surface area (Å²) in [7, 11) is -3.39. The van der Waals surface area contributed by atoms with Crippen molar-refractivity contribution < 1.29 is 13.3 Å². The third-order valence-corrected chi connectivity index (χ3v) is 6.12. The zero-order valence-electron chi connectivity index (χ0n) is 16.8. The molecule has 0 aliphatic carbocycles. The molecule has 0 radical (unpaired) electrons. The molecule has 2 aromatic rings. The molecular formula is C19H28N4O5S. The fraction of sp³-hybridized carbons (Fsp3) is 0.526. The Bertz CT molecular complexity index is 939. The van der Waals surface area contributed by atoms with E-state index in [2.05, 4.69) is 15.6 Å². The van der Waals surface area contributed by atoms with Gasteiger partial charge >= 0.3 is 0 Å². The zero-order chi connectivity index (χ0) is 21.3. The van der Waals surface area contributed by atoms with Crippen molar-refractivity contribution in [1.29, 1.82) is 0 Å². The van der Waals surface area contributed by atoms with Crippen LogP contribution in [0.25, 0.3) is 0 Å². The molecule has 0 spiro atoms. The summed E-state index contributed by atoms with van der Waals surface area (Å²) in [6.07, 6.45) is 6.05. The van der Waals surface area contributed by atoms with Crippen molar-refractivity contribution in [2.24, 2.45) is 0 Å². The van der Waals surface area contributed by atoms with Crippen molar-refractivity contribution in [2.75, 3.05) is 36.1 Å². The van der Waals surface area contributed by atoms with Gasteiger partial charge in [0, 0.05) is 31.2 Å². The van der Waals surface area contributed by atoms with E-state index in [-0.39, 0.29) is 18.0 Å². The highest BCUT2D eigenvalue weighted by Crippen LogP contribution is 2.20. The van der Waals surface area contributed by atoms with Gasteiger partial charge in [0.1, 0.15) is 11.4 Å². The zero-order valence-corrected chi connectivity index (χ0v) is 17.6. The number of pyridine rings is 1. The molecule has 0 saturated heterocycles. The number of nitrogens with zero attached hydrogens (tertiary/aromatic N) is 2. The van der Waals surface area contributed by atoms with Crippen LogP contribution in [-0.4, -0.2) is 43.3 Å². The van der Waals surface area contributed by atoms with Crippen LogP contribution in [0.5, 0.6) is 0 Å². The molecule has 0 aliphatic rings. The van der Waals surface area contributed by atoms with Crippen LogP contribution in [0.3, 0.4) is 0 Å². The van der Waals surface area contributed by atoms with Gasteiger partial charge in [-0.2, -0.15) is 0 Å². The van der Waals surface area contributed by atoms with E-state index in [9.17, 15) is 18.0 Å². The lowest BCUT2D eigenvalue weighted by Crippen LogP contribution is -2.36. The molecule has 0 unspecified atom stereocenters. The summed E-state index contributed by atoms with van der Waals surface area (Å²) in [6, 6.07) is 3.42. The second-order valence-corrected chi connectivity index (χ2v) is 8.44. The molecule has 1 heterocycles. The summed E-state index contributed by atoms with van der Waals surface area (Å²) < 4.78 is 25.3. The van der Waals surface area contributed by atoms with Crippen molar-refractivity contribution in [2.45, 2.75) is 39.5 Å². The van der Waals surface area contributed by atoms with Crippen molar-refractivity contribution in [3.63, 3.8) is 0 Å². The average molecular weight is 425 g/mol. The minimum absolute atomic E-state index is 0.0480. The molecule has 2 N–H and O–H groups in total. The molecule has 0 saturated carbocycles. The summed E-state index contributed by atoms with van der Waals surface area (Å²) in [5, 5.41) is 5.94. The fourth-order valence-electron chi connectivity index (χ4n) is 2.85. The Labute approximate surface area is 170 Å². The van der Waals surface area contributed by atoms with Crippen LogP contribution in [0.4, 0.5) is 17.1 Å². The number of aromatic nitrogens is 1. The normalized spacial score (nSPS) is 11.8. The predicted octanol–water partition coefficient (Wildman–Crippen LogP) is 2.00. The molecule has 10 heteroatoms. The SMILES string of the molecule is CCON(CC)S(=O)(=O)CCCCCCNc1c(Nc2ccncc2)c(=O)c1=O. The summed E-state index contributed by atoms with van der Waals surface area (Å²) >= 11 is 0. The Morgan fingerprint density at radius 3 is 2.31 bits per heavy atom. The Hall–Kier alpha value is -2.30. The second-order valence-electron chi connectivity index (χ2n) is 6.46. The molecule has 0 aliphatic heterocycles. The number of hydrogen-bond donors (Lipinski definition) is 2. The van der Waals surface area contributed by atoms with E-state index in [1.165, 1.54) is 0 Å². The van der Waals surface area contributed by atoms with E-state index in [0.717, 1.165) is 23.7 Å². The van der Waals surface area contributed by atoms with Crippen LogP contribution in [-0.2, 0) is 14.9 Å². The molecule has 1 aromatic carbocycles. The molecule has 0 bridgehead atoms. The number of rotatable bonds is 14. The summed E-state index contributed by atoms with van der Waals surface area (Å²) in [4.78, 5) is 32.6. The molecule has 2 rings (SSSR count). The predicted molar refractivity (Wildman–Crippen MR) is 114 cm³/mol. The minimum atomic E-state index is -3.39. The molecule has 29 heavy (non-hydrogen) atoms. The van der Waals surface area contributed by atoms with Gasteiger partial charge in [-0.25, -0.2) is 8.42 Å². The van der Waals surface area contributed by atoms with Crippen LogP contribution >= 0.6 is 0 Å². The monoisotopic (exact) mass is 424 g/mol. The molecule has 1 aromatic heterocycles. The van der Waals surface area contributed by atoms with Gasteiger partial charge in [-0.3, -0.25) is 19.4 Å². The lowest BCUT2D eigenvalue weighted by atomic mass is 10.1. The number of nitrogens with one attached hydrogen (secondary N) is 2. The highest BCUT2D eigenvalue weighted by atomic mass is 32.2. The maximum Gasteiger partial charge on any atom is 0.253 e. The Kier molecular flexibility index (Phi) is 8.74. The van der Waals surface area contributed by atoms with Crippen molar-refractivity contribution >= 4 is 27.1 Å². The summed E-state index contributed by atoms with van der Waals surface area (Å²) in [5.74, 6) is 0.0480. The van der Waals surface area contributed by atoms with E-state index in [1.807, 2.05) is 0 Å². The van der Waals surface area contributed by atoms with Crippen LogP contribution in [0, 0.1) is 0 Å². The number of hydroxylamine groups is 1. The van der Waals surface area contributed by atoms with Crippen molar-refractivity contribution in [1.82, 2.24) is 9.45 Å². The quantitative estimate of drug-likeness (QED) is 0.269. The highest BCUT2D eigenvalue weighted by Gasteiger charge is 2.21. The maximum absolute atomic E-state index is 12.1. The number of sulfonamides is 1. The van der Waals surface area contributed by atoms with Gasteiger partial charge in [-0.1, -0.05) is 17.3 Å². The third kappa shape index (κ3) is 6.34. The number of anilines is 3. The van der Waals surface area contributed by atoms with Crippen molar-refractivity contribution in [3.8, 4) is 0 Å². The molecule has 160 valence electrons. The average Bonchev–Trinajstić information content (AvgIpc) is 2.72. The Morgan fingerprint density at radius 2 is 1.66 bits per heavy atom. The highest BCUT2D eigenvalue weighted by molar-refractivity contribution is 7.88. The Morgan fingerprint density at radius 1 is 1.00 bits per heavy atom. The number of unbranched alkanes of at least 4 members (excludes halogenated alkanes) is 3. The van der Waals surface area contributed by atoms with E-state index in [1.54, 1.807) is 38.4 Å². The van der Waals surface area contributed by atoms with Gasteiger partial charge in [0.25, 0.3) is 10.9 Å². The molecule has 0 atom stereocenters. The lowest BCUT2D eigenvalue weighted by molar-refractivity contribution is -0.0743. The summed E-state index contributed by atoms with van der Waals surface area (Å²) in [5.41, 5.74) is 0.185. The van der Waals surface area contributed by atoms with Crippen molar-refractivity contribution in [3.05, 3.63) is 45.0 Å². The van der Waals surface area contributed by atoms with Gasteiger partial charge in [0.15, 0.2) is 0 Å². The van der Waals surface area contributed by atoms with E-state index in [0.29, 0.717) is 30.9 Å². The lowest BCUT2D eigenvalue weighted by Gasteiger charge is -2.18. The second kappa shape index (κ2) is 11.0. The first kappa shape index (κ1) is 23.0. The molecule has 0 amide bonds. The minimum Gasteiger partial charge on any atom is -0.380 e. The van der Waals surface area contributed by atoms with Crippen LogP contribution in [0.2, 0.25) is 0 Å². The van der Waals surface area contributed by atoms with E-state index < -0.39 is 20.9 Å². The standard InChI is InChI=1S/C19H28N4O5S/c1-3-23(28-4-2)29(26,27)14-8-6-5-7-11-21-16-17(19(25)18(16)24)22-15-9-12-20-13-10-15/h9-10,12-13,21H,3-8,11,14H2,1-2H3,(H,20,22). The first-order valence-corrected chi connectivity index (χ1v) is 11.4. The van der Waals surface area contributed by atoms with E-state index >= 15 is 0 Å². The van der Waals surface area contributed by atoms with Crippen LogP contribution in [0.15, 0.2) is 34.1 Å². The third-order valence-electron chi connectivity index (χ3n) is 4.33.